The first-order chi connectivity index (χ1) is 6.43. The molecule has 0 aromatic carbocycles. The third-order valence-corrected chi connectivity index (χ3v) is 1.52. The first kappa shape index (κ1) is 14.2. The van der Waals surface area contributed by atoms with Crippen LogP contribution < -0.4 is 0 Å². The molecule has 0 atom stereocenters. The molecule has 2 fully saturated rings. The van der Waals surface area contributed by atoms with E-state index in [1.807, 2.05) is 64.0 Å². The fraction of sp³-hybridized carbons (Fsp3) is 0.0833. The van der Waals surface area contributed by atoms with E-state index in [1.165, 1.54) is 5.92 Å². The molecule has 0 aromatic rings. The van der Waals surface area contributed by atoms with Gasteiger partial charge in [0.2, 0.25) is 0 Å². The van der Waals surface area contributed by atoms with E-state index in [1.54, 1.807) is 7.05 Å². The molecule has 0 heterocycles. The van der Waals surface area contributed by atoms with E-state index in [-0.39, 0.29) is 17.1 Å². The van der Waals surface area contributed by atoms with Gasteiger partial charge >= 0.3 is 17.1 Å². The summed E-state index contributed by atoms with van der Waals surface area (Å²) in [4.78, 5) is 3.85. The topological polar surface area (TPSA) is 12.4 Å². The molecule has 2 aliphatic rings. The fourth-order valence-corrected chi connectivity index (χ4v) is 0.945. The predicted octanol–water partition coefficient (Wildman–Crippen LogP) is 2.11. The number of aliphatic imine (C=N–C) groups is 1. The maximum atomic E-state index is 3.85. The average Bonchev–Trinajstić information content (AvgIpc) is 2.79. The van der Waals surface area contributed by atoms with Gasteiger partial charge in [-0.25, -0.2) is 0 Å². The van der Waals surface area contributed by atoms with Crippen LogP contribution >= 0.6 is 0 Å². The molecule has 2 heteroatoms. The van der Waals surface area contributed by atoms with Gasteiger partial charge in [-0.1, -0.05) is 0 Å². The molecule has 0 unspecified atom stereocenters. The summed E-state index contributed by atoms with van der Waals surface area (Å²) < 4.78 is 0. The van der Waals surface area contributed by atoms with Crippen molar-refractivity contribution in [2.45, 2.75) is 0 Å². The molecule has 0 aromatic heterocycles. The van der Waals surface area contributed by atoms with Gasteiger partial charge in [0.05, 0.1) is 0 Å². The molecule has 2 saturated carbocycles. The van der Waals surface area contributed by atoms with Crippen LogP contribution in [0.2, 0.25) is 0 Å². The molecule has 2 aliphatic carbocycles. The van der Waals surface area contributed by atoms with Crippen LogP contribution in [-0.2, 0) is 17.1 Å². The van der Waals surface area contributed by atoms with Crippen molar-refractivity contribution in [2.24, 2.45) is 4.99 Å². The summed E-state index contributed by atoms with van der Waals surface area (Å²) in [6.07, 6.45) is 19.9. The first-order valence-electron chi connectivity index (χ1n) is 4.24. The zero-order valence-corrected chi connectivity index (χ0v) is 9.18. The molecule has 0 saturated heterocycles. The molecular formula is C12H13FeN+2. The van der Waals surface area contributed by atoms with Crippen LogP contribution in [0.15, 0.2) is 4.99 Å². The maximum Gasteiger partial charge on any atom is 2.00 e. The van der Waals surface area contributed by atoms with Crippen LogP contribution in [0.25, 0.3) is 0 Å². The van der Waals surface area contributed by atoms with Crippen LogP contribution in [-0.4, -0.2) is 13.3 Å². The van der Waals surface area contributed by atoms with Crippen LogP contribution in [0.1, 0.15) is 0 Å². The largest absolute Gasteiger partial charge is 2.00 e. The second kappa shape index (κ2) is 9.73. The quantitative estimate of drug-likeness (QED) is 0.480. The second-order valence-electron chi connectivity index (χ2n) is 2.57. The minimum absolute atomic E-state index is 0. The first-order valence-corrected chi connectivity index (χ1v) is 4.24. The Morgan fingerprint density at radius 2 is 1.29 bits per heavy atom. The van der Waals surface area contributed by atoms with Crippen LogP contribution in [0.5, 0.6) is 0 Å². The van der Waals surface area contributed by atoms with Crippen LogP contribution in [0, 0.1) is 63.7 Å². The molecule has 1 nitrogen and oxygen atoms in total. The van der Waals surface area contributed by atoms with Gasteiger partial charge in [-0.15, -0.1) is 0 Å². The molecule has 0 bridgehead atoms. The van der Waals surface area contributed by atoms with Crippen molar-refractivity contribution in [3.05, 3.63) is 63.7 Å². The van der Waals surface area contributed by atoms with Gasteiger partial charge in [0.1, 0.15) is 0 Å². The maximum absolute atomic E-state index is 3.85. The van der Waals surface area contributed by atoms with Crippen molar-refractivity contribution in [3.63, 3.8) is 0 Å². The van der Waals surface area contributed by atoms with Crippen molar-refractivity contribution >= 4 is 6.21 Å². The minimum atomic E-state index is 0. The molecule has 2 rings (SSSR count). The molecule has 0 amide bonds. The van der Waals surface area contributed by atoms with Crippen LogP contribution in [0.3, 0.4) is 0 Å². The Morgan fingerprint density at radius 1 is 0.857 bits per heavy atom. The summed E-state index contributed by atoms with van der Waals surface area (Å²) in [5.41, 5.74) is 0. The van der Waals surface area contributed by atoms with Crippen molar-refractivity contribution in [2.75, 3.05) is 7.05 Å². The molecule has 0 spiro atoms. The number of nitrogens with zero attached hydrogens (tertiary/aromatic N) is 1. The van der Waals surface area contributed by atoms with E-state index in [4.69, 9.17) is 0 Å². The van der Waals surface area contributed by atoms with Gasteiger partial charge in [-0.2, -0.15) is 0 Å². The van der Waals surface area contributed by atoms with E-state index < -0.39 is 0 Å². The molecule has 0 aliphatic heterocycles. The number of hydrogen-bond acceptors (Lipinski definition) is 1. The monoisotopic (exact) mass is 227 g/mol. The van der Waals surface area contributed by atoms with Crippen molar-refractivity contribution in [1.82, 2.24) is 0 Å². The molecule has 10 radical (unpaired) electrons. The molecule has 72 valence electrons. The Bertz CT molecular complexity index is 128. The SMILES string of the molecule is CN=C[C]1[CH][CH][CH][CH]1.[CH]1[CH][CH][CH][CH]1.[Fe+2]. The summed E-state index contributed by atoms with van der Waals surface area (Å²) in [6.45, 7) is 0. The Labute approximate surface area is 99.2 Å². The van der Waals surface area contributed by atoms with Crippen molar-refractivity contribution in [1.29, 1.82) is 0 Å². The zero-order valence-electron chi connectivity index (χ0n) is 8.07. The standard InChI is InChI=1S/C7H8N.C5H5.Fe/c1-8-6-7-4-2-3-5-7;1-2-4-5-3-1;/h2-6H,1H3;1-5H;/q;;+2. The molecular weight excluding hydrogens is 214 g/mol. The smallest absolute Gasteiger partial charge is 0.300 e. The fourth-order valence-electron chi connectivity index (χ4n) is 0.945. The number of rotatable bonds is 1. The minimum Gasteiger partial charge on any atom is -0.300 e. The molecule has 0 N–H and O–H groups in total. The Kier molecular flexibility index (Phi) is 9.87. The Hall–Kier alpha value is 0.189. The van der Waals surface area contributed by atoms with Crippen molar-refractivity contribution in [3.8, 4) is 0 Å². The van der Waals surface area contributed by atoms with E-state index in [9.17, 15) is 0 Å². The van der Waals surface area contributed by atoms with Gasteiger partial charge in [-0.05, 0) is 57.8 Å². The number of hydrogen-bond donors (Lipinski definition) is 0. The summed E-state index contributed by atoms with van der Waals surface area (Å²) in [6, 6.07) is 0. The van der Waals surface area contributed by atoms with Crippen LogP contribution in [0.4, 0.5) is 0 Å². The van der Waals surface area contributed by atoms with Gasteiger partial charge < -0.3 is 4.99 Å². The molecule has 14 heavy (non-hydrogen) atoms. The van der Waals surface area contributed by atoms with Gasteiger partial charge in [0, 0.05) is 19.2 Å². The summed E-state index contributed by atoms with van der Waals surface area (Å²) in [5, 5.41) is 0. The second-order valence-corrected chi connectivity index (χ2v) is 2.57. The predicted molar refractivity (Wildman–Crippen MR) is 56.4 cm³/mol. The van der Waals surface area contributed by atoms with Gasteiger partial charge in [0.25, 0.3) is 0 Å². The summed E-state index contributed by atoms with van der Waals surface area (Å²) >= 11 is 0. The van der Waals surface area contributed by atoms with Gasteiger partial charge in [-0.3, -0.25) is 0 Å². The third kappa shape index (κ3) is 6.61. The Morgan fingerprint density at radius 3 is 1.64 bits per heavy atom. The van der Waals surface area contributed by atoms with E-state index in [0.717, 1.165) is 0 Å². The van der Waals surface area contributed by atoms with Gasteiger partial charge in [0.15, 0.2) is 0 Å². The normalized spacial score (nSPS) is 21.8. The summed E-state index contributed by atoms with van der Waals surface area (Å²) in [5.74, 6) is 1.17. The van der Waals surface area contributed by atoms with E-state index in [0.29, 0.717) is 0 Å². The van der Waals surface area contributed by atoms with E-state index in [2.05, 4.69) is 4.99 Å². The third-order valence-electron chi connectivity index (χ3n) is 1.52. The zero-order chi connectivity index (χ0) is 9.36. The summed E-state index contributed by atoms with van der Waals surface area (Å²) in [7, 11) is 1.77. The Balaban J connectivity index is 0.000000246. The van der Waals surface area contributed by atoms with E-state index >= 15 is 0 Å². The average molecular weight is 227 g/mol. The van der Waals surface area contributed by atoms with Crippen molar-refractivity contribution < 1.29 is 17.1 Å².